The Bertz CT molecular complexity index is 1250. The third kappa shape index (κ3) is 4.86. The maximum Gasteiger partial charge on any atom is 0.162 e. The van der Waals surface area contributed by atoms with E-state index in [2.05, 4.69) is 50.2 Å². The molecule has 0 spiro atoms. The molecule has 1 saturated carbocycles. The van der Waals surface area contributed by atoms with Crippen LogP contribution in [0.4, 0.5) is 11.5 Å². The second-order valence-electron chi connectivity index (χ2n) is 9.79. The first-order valence-electron chi connectivity index (χ1n) is 12.8. The molecule has 6 rings (SSSR count). The van der Waals surface area contributed by atoms with Crippen molar-refractivity contribution in [3.8, 4) is 5.75 Å². The molecule has 2 unspecified atom stereocenters. The van der Waals surface area contributed by atoms with E-state index < -0.39 is 0 Å². The normalized spacial score (nSPS) is 20.5. The SMILES string of the molecule is c1ccc(COc2cccc(N(c3ncnn4cncc34)C3CCC(CN4CCCC4)C3)c2)cc1. The first kappa shape index (κ1) is 22.0. The van der Waals surface area contributed by atoms with Crippen molar-refractivity contribution >= 4 is 17.0 Å². The standard InChI is InChI=1S/C28H32N6O/c1-2-7-22(8-3-1)19-35-26-10-6-9-24(16-26)34(28-27-17-29-21-33(27)31-20-30-28)25-12-11-23(15-25)18-32-13-4-5-14-32/h1-3,6-10,16-17,20-21,23,25H,4-5,11-15,18-19H2. The van der Waals surface area contributed by atoms with Gasteiger partial charge in [0.15, 0.2) is 5.82 Å². The van der Waals surface area contributed by atoms with E-state index in [0.717, 1.165) is 47.1 Å². The van der Waals surface area contributed by atoms with Crippen LogP contribution in [0.2, 0.25) is 0 Å². The number of rotatable bonds is 8. The number of aromatic nitrogens is 4. The first-order chi connectivity index (χ1) is 17.3. The van der Waals surface area contributed by atoms with Gasteiger partial charge in [0.2, 0.25) is 0 Å². The van der Waals surface area contributed by atoms with Gasteiger partial charge in [0.25, 0.3) is 0 Å². The third-order valence-electron chi connectivity index (χ3n) is 7.37. The van der Waals surface area contributed by atoms with Gasteiger partial charge in [0.1, 0.15) is 30.5 Å². The number of anilines is 2. The average molecular weight is 469 g/mol. The highest BCUT2D eigenvalue weighted by Crippen LogP contribution is 2.39. The second-order valence-corrected chi connectivity index (χ2v) is 9.79. The molecule has 3 heterocycles. The highest BCUT2D eigenvalue weighted by Gasteiger charge is 2.33. The van der Waals surface area contributed by atoms with Crippen LogP contribution in [0, 0.1) is 5.92 Å². The fourth-order valence-electron chi connectivity index (χ4n) is 5.68. The summed E-state index contributed by atoms with van der Waals surface area (Å²) in [5.41, 5.74) is 3.18. The third-order valence-corrected chi connectivity index (χ3v) is 7.37. The molecule has 1 saturated heterocycles. The van der Waals surface area contributed by atoms with E-state index in [1.807, 2.05) is 35.0 Å². The van der Waals surface area contributed by atoms with Crippen molar-refractivity contribution in [2.45, 2.75) is 44.8 Å². The summed E-state index contributed by atoms with van der Waals surface area (Å²) in [5, 5.41) is 4.35. The summed E-state index contributed by atoms with van der Waals surface area (Å²) in [7, 11) is 0. The van der Waals surface area contributed by atoms with Gasteiger partial charge in [0, 0.05) is 24.3 Å². The molecule has 0 bridgehead atoms. The van der Waals surface area contributed by atoms with Gasteiger partial charge in [-0.2, -0.15) is 5.10 Å². The minimum atomic E-state index is 0.376. The minimum absolute atomic E-state index is 0.376. The van der Waals surface area contributed by atoms with E-state index in [9.17, 15) is 0 Å². The summed E-state index contributed by atoms with van der Waals surface area (Å²) in [5.74, 6) is 2.49. The van der Waals surface area contributed by atoms with Crippen LogP contribution < -0.4 is 9.64 Å². The number of benzene rings is 2. The summed E-state index contributed by atoms with van der Waals surface area (Å²) in [4.78, 5) is 14.1. The van der Waals surface area contributed by atoms with Gasteiger partial charge in [-0.3, -0.25) is 0 Å². The van der Waals surface area contributed by atoms with Crippen molar-refractivity contribution in [3.63, 3.8) is 0 Å². The van der Waals surface area contributed by atoms with Crippen molar-refractivity contribution in [2.75, 3.05) is 24.5 Å². The van der Waals surface area contributed by atoms with E-state index in [4.69, 9.17) is 9.72 Å². The van der Waals surface area contributed by atoms with E-state index >= 15 is 0 Å². The van der Waals surface area contributed by atoms with Crippen molar-refractivity contribution < 1.29 is 4.74 Å². The quantitative estimate of drug-likeness (QED) is 0.358. The number of nitrogens with zero attached hydrogens (tertiary/aromatic N) is 6. The van der Waals surface area contributed by atoms with Crippen LogP contribution in [0.1, 0.15) is 37.7 Å². The zero-order chi connectivity index (χ0) is 23.5. The molecule has 0 N–H and O–H groups in total. The number of likely N-dealkylation sites (tertiary alicyclic amines) is 1. The second kappa shape index (κ2) is 10.0. The molecule has 2 fully saturated rings. The number of fused-ring (bicyclic) bond motifs is 1. The monoisotopic (exact) mass is 468 g/mol. The van der Waals surface area contributed by atoms with Crippen LogP contribution >= 0.6 is 0 Å². The molecule has 1 aliphatic heterocycles. The van der Waals surface area contributed by atoms with Gasteiger partial charge >= 0.3 is 0 Å². The topological polar surface area (TPSA) is 58.8 Å². The van der Waals surface area contributed by atoms with Gasteiger partial charge in [-0.05, 0) is 68.8 Å². The van der Waals surface area contributed by atoms with E-state index in [1.54, 1.807) is 12.7 Å². The lowest BCUT2D eigenvalue weighted by Gasteiger charge is -2.31. The summed E-state index contributed by atoms with van der Waals surface area (Å²) in [6.45, 7) is 4.28. The van der Waals surface area contributed by atoms with Gasteiger partial charge in [-0.1, -0.05) is 36.4 Å². The number of ether oxygens (including phenoxy) is 1. The van der Waals surface area contributed by atoms with E-state index in [-0.39, 0.29) is 0 Å². The molecule has 2 aromatic carbocycles. The summed E-state index contributed by atoms with van der Waals surface area (Å²) in [6, 6.07) is 19.1. The molecule has 2 aromatic heterocycles. The lowest BCUT2D eigenvalue weighted by atomic mass is 10.1. The summed E-state index contributed by atoms with van der Waals surface area (Å²) < 4.78 is 7.99. The van der Waals surface area contributed by atoms with Crippen LogP contribution in [0.15, 0.2) is 73.4 Å². The Morgan fingerprint density at radius 2 is 1.89 bits per heavy atom. The van der Waals surface area contributed by atoms with Crippen molar-refractivity contribution in [2.24, 2.45) is 5.92 Å². The number of hydrogen-bond donors (Lipinski definition) is 0. The molecule has 0 amide bonds. The Morgan fingerprint density at radius 1 is 1.00 bits per heavy atom. The summed E-state index contributed by atoms with van der Waals surface area (Å²) in [6.07, 6.45) is 11.5. The molecule has 2 atom stereocenters. The number of imidazole rings is 1. The molecule has 7 heteroatoms. The Labute approximate surface area is 206 Å². The minimum Gasteiger partial charge on any atom is -0.489 e. The van der Waals surface area contributed by atoms with Crippen LogP contribution in [-0.4, -0.2) is 50.2 Å². The van der Waals surface area contributed by atoms with Gasteiger partial charge in [-0.15, -0.1) is 0 Å². The predicted molar refractivity (Wildman–Crippen MR) is 137 cm³/mol. The van der Waals surface area contributed by atoms with E-state index in [0.29, 0.717) is 12.6 Å². The van der Waals surface area contributed by atoms with Crippen molar-refractivity contribution in [1.29, 1.82) is 0 Å². The van der Waals surface area contributed by atoms with Crippen LogP contribution in [0.5, 0.6) is 5.75 Å². The van der Waals surface area contributed by atoms with E-state index in [1.165, 1.54) is 38.9 Å². The van der Waals surface area contributed by atoms with Crippen LogP contribution in [0.3, 0.4) is 0 Å². The number of hydrogen-bond acceptors (Lipinski definition) is 6. The maximum atomic E-state index is 6.18. The zero-order valence-corrected chi connectivity index (χ0v) is 20.0. The first-order valence-corrected chi connectivity index (χ1v) is 12.8. The Kier molecular flexibility index (Phi) is 6.32. The Balaban J connectivity index is 1.29. The maximum absolute atomic E-state index is 6.18. The lowest BCUT2D eigenvalue weighted by molar-refractivity contribution is 0.279. The summed E-state index contributed by atoms with van der Waals surface area (Å²) >= 11 is 0. The molecular formula is C28H32N6O. The molecule has 4 aromatic rings. The Morgan fingerprint density at radius 3 is 2.77 bits per heavy atom. The van der Waals surface area contributed by atoms with Gasteiger partial charge < -0.3 is 14.5 Å². The molecule has 1 aliphatic carbocycles. The van der Waals surface area contributed by atoms with Crippen LogP contribution in [0.25, 0.3) is 5.52 Å². The largest absolute Gasteiger partial charge is 0.489 e. The highest BCUT2D eigenvalue weighted by molar-refractivity contribution is 5.75. The molecule has 35 heavy (non-hydrogen) atoms. The highest BCUT2D eigenvalue weighted by atomic mass is 16.5. The van der Waals surface area contributed by atoms with Gasteiger partial charge in [-0.25, -0.2) is 14.5 Å². The molecule has 7 nitrogen and oxygen atoms in total. The van der Waals surface area contributed by atoms with Crippen molar-refractivity contribution in [1.82, 2.24) is 24.5 Å². The van der Waals surface area contributed by atoms with Gasteiger partial charge in [0.05, 0.1) is 6.20 Å². The van der Waals surface area contributed by atoms with Crippen LogP contribution in [-0.2, 0) is 6.61 Å². The fourth-order valence-corrected chi connectivity index (χ4v) is 5.68. The zero-order valence-electron chi connectivity index (χ0n) is 20.0. The predicted octanol–water partition coefficient (Wildman–Crippen LogP) is 5.11. The molecule has 2 aliphatic rings. The Hall–Kier alpha value is -3.45. The molecule has 0 radical (unpaired) electrons. The lowest BCUT2D eigenvalue weighted by Crippen LogP contribution is -2.31. The molecule has 180 valence electrons. The van der Waals surface area contributed by atoms with Crippen molar-refractivity contribution in [3.05, 3.63) is 79.0 Å². The molecular weight excluding hydrogens is 436 g/mol. The smallest absolute Gasteiger partial charge is 0.162 e. The fraction of sp³-hybridized carbons (Fsp3) is 0.393. The average Bonchev–Trinajstić information content (AvgIpc) is 3.67.